The van der Waals surface area contributed by atoms with Gasteiger partial charge in [-0.3, -0.25) is 4.79 Å². The Labute approximate surface area is 128 Å². The lowest BCUT2D eigenvalue weighted by atomic mass is 9.81. The van der Waals surface area contributed by atoms with E-state index in [1.165, 1.54) is 12.5 Å². The zero-order chi connectivity index (χ0) is 15.5. The minimum absolute atomic E-state index is 0.171. The molecule has 1 saturated carbocycles. The van der Waals surface area contributed by atoms with Crippen molar-refractivity contribution in [3.05, 3.63) is 57.9 Å². The Morgan fingerprint density at radius 3 is 2.41 bits per heavy atom. The molecule has 1 aromatic carbocycles. The Hall–Kier alpha value is -2.36. The van der Waals surface area contributed by atoms with E-state index in [9.17, 15) is 14.7 Å². The van der Waals surface area contributed by atoms with E-state index in [2.05, 4.69) is 4.98 Å². The summed E-state index contributed by atoms with van der Waals surface area (Å²) >= 11 is 0. The van der Waals surface area contributed by atoms with Crippen LogP contribution < -0.4 is 5.56 Å². The van der Waals surface area contributed by atoms with Crippen molar-refractivity contribution in [1.29, 1.82) is 0 Å². The molecule has 0 unspecified atom stereocenters. The van der Waals surface area contributed by atoms with E-state index < -0.39 is 5.97 Å². The summed E-state index contributed by atoms with van der Waals surface area (Å²) in [6.07, 6.45) is 5.29. The Kier molecular flexibility index (Phi) is 4.09. The molecule has 3 rings (SSSR count). The molecule has 22 heavy (non-hydrogen) atoms. The predicted octanol–water partition coefficient (Wildman–Crippen LogP) is 3.79. The molecule has 1 aliphatic rings. The second kappa shape index (κ2) is 6.18. The Morgan fingerprint density at radius 1 is 1.09 bits per heavy atom. The third kappa shape index (κ3) is 2.82. The summed E-state index contributed by atoms with van der Waals surface area (Å²) in [5.41, 5.74) is 1.85. The third-order valence-electron chi connectivity index (χ3n) is 4.39. The average Bonchev–Trinajstić information content (AvgIpc) is 2.55. The lowest BCUT2D eigenvalue weighted by molar-refractivity contribution is 0.0695. The van der Waals surface area contributed by atoms with Crippen LogP contribution in [0.4, 0.5) is 0 Å². The molecule has 4 nitrogen and oxygen atoms in total. The van der Waals surface area contributed by atoms with Crippen LogP contribution in [0.3, 0.4) is 0 Å². The number of aromatic amines is 1. The van der Waals surface area contributed by atoms with Crippen LogP contribution in [0.2, 0.25) is 0 Å². The highest BCUT2D eigenvalue weighted by Gasteiger charge is 2.25. The largest absolute Gasteiger partial charge is 0.478 e. The number of rotatable bonds is 3. The van der Waals surface area contributed by atoms with E-state index >= 15 is 0 Å². The maximum absolute atomic E-state index is 12.1. The number of hydrogen-bond acceptors (Lipinski definition) is 2. The quantitative estimate of drug-likeness (QED) is 0.905. The first-order valence-corrected chi connectivity index (χ1v) is 7.73. The Morgan fingerprint density at radius 2 is 1.77 bits per heavy atom. The first-order chi connectivity index (χ1) is 10.7. The van der Waals surface area contributed by atoms with Gasteiger partial charge in [-0.2, -0.15) is 0 Å². The number of pyridine rings is 1. The van der Waals surface area contributed by atoms with Crippen LogP contribution in [0.15, 0.2) is 41.2 Å². The van der Waals surface area contributed by atoms with E-state index in [1.54, 1.807) is 0 Å². The van der Waals surface area contributed by atoms with Crippen LogP contribution >= 0.6 is 0 Å². The molecular formula is C18H19NO3. The Bertz CT molecular complexity index is 728. The number of carbonyl (C=O) groups is 1. The first-order valence-electron chi connectivity index (χ1n) is 7.73. The number of benzene rings is 1. The number of H-pyrrole nitrogens is 1. The Balaban J connectivity index is 2.19. The molecule has 0 bridgehead atoms. The zero-order valence-corrected chi connectivity index (χ0v) is 12.3. The number of carboxylic acid groups (broad SMARTS) is 1. The predicted molar refractivity (Wildman–Crippen MR) is 85.3 cm³/mol. The van der Waals surface area contributed by atoms with Gasteiger partial charge in [-0.15, -0.1) is 0 Å². The molecule has 0 atom stereocenters. The van der Waals surface area contributed by atoms with Gasteiger partial charge in [0.2, 0.25) is 5.56 Å². The number of carboxylic acids is 1. The van der Waals surface area contributed by atoms with E-state index in [0.717, 1.165) is 31.2 Å². The van der Waals surface area contributed by atoms with E-state index in [-0.39, 0.29) is 17.0 Å². The third-order valence-corrected chi connectivity index (χ3v) is 4.39. The number of aromatic carboxylic acids is 1. The van der Waals surface area contributed by atoms with E-state index in [4.69, 9.17) is 0 Å². The summed E-state index contributed by atoms with van der Waals surface area (Å²) in [6.45, 7) is 0. The average molecular weight is 297 g/mol. The standard InChI is InChI=1S/C18H19NO3/c20-15-11-14(12-7-3-1-4-8-12)16(18(21)22)17(19-15)13-9-5-2-6-10-13/h2,5-6,9-12H,1,3-4,7-8H2,(H,19,20)(H,21,22). The van der Waals surface area contributed by atoms with Crippen LogP contribution in [0, 0.1) is 0 Å². The number of hydrogen-bond donors (Lipinski definition) is 2. The lowest BCUT2D eigenvalue weighted by Gasteiger charge is -2.24. The highest BCUT2D eigenvalue weighted by atomic mass is 16.4. The topological polar surface area (TPSA) is 70.2 Å². The number of nitrogens with one attached hydrogen (secondary N) is 1. The molecule has 114 valence electrons. The van der Waals surface area contributed by atoms with Crippen molar-refractivity contribution in [2.45, 2.75) is 38.0 Å². The molecular weight excluding hydrogens is 278 g/mol. The molecule has 1 fully saturated rings. The molecule has 2 aromatic rings. The molecule has 2 N–H and O–H groups in total. The van der Waals surface area contributed by atoms with Crippen LogP contribution in [-0.2, 0) is 0 Å². The molecule has 0 spiro atoms. The summed E-state index contributed by atoms with van der Waals surface area (Å²) in [6, 6.07) is 10.7. The van der Waals surface area contributed by atoms with Crippen molar-refractivity contribution < 1.29 is 9.90 Å². The molecule has 4 heteroatoms. The van der Waals surface area contributed by atoms with Crippen molar-refractivity contribution in [3.63, 3.8) is 0 Å². The van der Waals surface area contributed by atoms with E-state index in [1.807, 2.05) is 30.3 Å². The fraction of sp³-hybridized carbons (Fsp3) is 0.333. The van der Waals surface area contributed by atoms with Crippen molar-refractivity contribution in [3.8, 4) is 11.3 Å². The second-order valence-electron chi connectivity index (χ2n) is 5.85. The number of aromatic nitrogens is 1. The zero-order valence-electron chi connectivity index (χ0n) is 12.3. The fourth-order valence-corrected chi connectivity index (χ4v) is 3.37. The van der Waals surface area contributed by atoms with Crippen LogP contribution in [-0.4, -0.2) is 16.1 Å². The monoisotopic (exact) mass is 297 g/mol. The van der Waals surface area contributed by atoms with Gasteiger partial charge >= 0.3 is 5.97 Å². The van der Waals surface area contributed by atoms with Gasteiger partial charge < -0.3 is 10.1 Å². The van der Waals surface area contributed by atoms with Crippen molar-refractivity contribution in [2.75, 3.05) is 0 Å². The maximum atomic E-state index is 12.1. The van der Waals surface area contributed by atoms with Gasteiger partial charge in [0.1, 0.15) is 0 Å². The summed E-state index contributed by atoms with van der Waals surface area (Å²) < 4.78 is 0. The lowest BCUT2D eigenvalue weighted by Crippen LogP contribution is -2.19. The normalized spacial score (nSPS) is 15.6. The van der Waals surface area contributed by atoms with E-state index in [0.29, 0.717) is 11.3 Å². The van der Waals surface area contributed by atoms with Gasteiger partial charge in [0.05, 0.1) is 11.3 Å². The summed E-state index contributed by atoms with van der Waals surface area (Å²) in [5, 5.41) is 9.71. The van der Waals surface area contributed by atoms with Gasteiger partial charge in [0, 0.05) is 6.07 Å². The van der Waals surface area contributed by atoms with Gasteiger partial charge in [-0.25, -0.2) is 4.79 Å². The highest BCUT2D eigenvalue weighted by molar-refractivity contribution is 5.96. The van der Waals surface area contributed by atoms with Crippen LogP contribution in [0.25, 0.3) is 11.3 Å². The minimum atomic E-state index is -0.976. The van der Waals surface area contributed by atoms with Gasteiger partial charge in [-0.1, -0.05) is 49.6 Å². The second-order valence-corrected chi connectivity index (χ2v) is 5.85. The highest BCUT2D eigenvalue weighted by Crippen LogP contribution is 2.36. The molecule has 0 saturated heterocycles. The fourth-order valence-electron chi connectivity index (χ4n) is 3.37. The van der Waals surface area contributed by atoms with Gasteiger partial charge in [0.25, 0.3) is 0 Å². The van der Waals surface area contributed by atoms with Crippen LogP contribution in [0.5, 0.6) is 0 Å². The summed E-state index contributed by atoms with van der Waals surface area (Å²) in [5.74, 6) is -0.805. The minimum Gasteiger partial charge on any atom is -0.478 e. The first kappa shape index (κ1) is 14.6. The smallest absolute Gasteiger partial charge is 0.338 e. The molecule has 1 aliphatic carbocycles. The van der Waals surface area contributed by atoms with Crippen molar-refractivity contribution in [1.82, 2.24) is 4.98 Å². The van der Waals surface area contributed by atoms with Crippen LogP contribution in [0.1, 0.15) is 53.9 Å². The SMILES string of the molecule is O=C(O)c1c(C2CCCCC2)cc(=O)[nH]c1-c1ccccc1. The van der Waals surface area contributed by atoms with Crippen molar-refractivity contribution >= 4 is 5.97 Å². The summed E-state index contributed by atoms with van der Waals surface area (Å²) in [7, 11) is 0. The maximum Gasteiger partial charge on any atom is 0.338 e. The van der Waals surface area contributed by atoms with Gasteiger partial charge in [-0.05, 0) is 29.9 Å². The molecule has 0 radical (unpaired) electrons. The van der Waals surface area contributed by atoms with Crippen molar-refractivity contribution in [2.24, 2.45) is 0 Å². The molecule has 0 amide bonds. The summed E-state index contributed by atoms with van der Waals surface area (Å²) in [4.78, 5) is 26.6. The van der Waals surface area contributed by atoms with Gasteiger partial charge in [0.15, 0.2) is 0 Å². The molecule has 1 aromatic heterocycles. The molecule has 0 aliphatic heterocycles. The molecule has 1 heterocycles.